The van der Waals surface area contributed by atoms with Crippen molar-refractivity contribution in [3.8, 4) is 0 Å². The fourth-order valence-electron chi connectivity index (χ4n) is 0.752. The minimum absolute atomic E-state index is 0.681. The molecule has 0 aromatic carbocycles. The van der Waals surface area contributed by atoms with Crippen LogP contribution in [0.15, 0.2) is 0 Å². The molecule has 0 aliphatic carbocycles. The Hall–Kier alpha value is 0.270. The van der Waals surface area contributed by atoms with Gasteiger partial charge in [0.15, 0.2) is 0 Å². The Morgan fingerprint density at radius 1 is 1.22 bits per heavy atom. The van der Waals surface area contributed by atoms with E-state index in [-0.39, 0.29) is 0 Å². The Kier molecular flexibility index (Phi) is 6.58. The second-order valence-corrected chi connectivity index (χ2v) is 3.15. The molecular weight excluding hydrogens is 132 g/mol. The summed E-state index contributed by atoms with van der Waals surface area (Å²) in [4.78, 5) is 0. The van der Waals surface area contributed by atoms with Gasteiger partial charge in [-0.3, -0.25) is 0 Å². The van der Waals surface area contributed by atoms with Crippen LogP contribution < -0.4 is 11.5 Å². The molecule has 0 radical (unpaired) electrons. The van der Waals surface area contributed by atoms with E-state index in [0.717, 1.165) is 25.9 Å². The average Bonchev–Trinajstić information content (AvgIpc) is 1.88. The van der Waals surface area contributed by atoms with Gasteiger partial charge in [-0.25, -0.2) is 0 Å². The molecule has 0 bridgehead atoms. The Labute approximate surface area is 61.4 Å². The summed E-state index contributed by atoms with van der Waals surface area (Å²) in [7, 11) is 0. The molecule has 9 heavy (non-hydrogen) atoms. The van der Waals surface area contributed by atoms with E-state index in [1.54, 1.807) is 0 Å². The molecule has 0 aliphatic rings. The smallest absolute Gasteiger partial charge is 0.00682 e. The zero-order valence-corrected chi connectivity index (χ0v) is 6.79. The molecule has 56 valence electrons. The van der Waals surface area contributed by atoms with Crippen molar-refractivity contribution in [1.29, 1.82) is 0 Å². The molecule has 0 aliphatic heterocycles. The highest BCUT2D eigenvalue weighted by Gasteiger charge is 2.02. The van der Waals surface area contributed by atoms with E-state index in [1.165, 1.54) is 0 Å². The summed E-state index contributed by atoms with van der Waals surface area (Å²) in [5, 5.41) is 0.681. The first-order valence-electron chi connectivity index (χ1n) is 3.28. The predicted molar refractivity (Wildman–Crippen MR) is 44.6 cm³/mol. The van der Waals surface area contributed by atoms with Gasteiger partial charge >= 0.3 is 0 Å². The standard InChI is InChI=1S/C6H16N2S/c1-9-6(2-4-7)3-5-8/h6H,2-5,7-8H2,1H3. The minimum Gasteiger partial charge on any atom is -0.330 e. The van der Waals surface area contributed by atoms with E-state index >= 15 is 0 Å². The highest BCUT2D eigenvalue weighted by Crippen LogP contribution is 2.12. The van der Waals surface area contributed by atoms with Crippen LogP contribution in [0.2, 0.25) is 0 Å². The van der Waals surface area contributed by atoms with Crippen molar-refractivity contribution < 1.29 is 0 Å². The normalized spacial score (nSPS) is 10.7. The van der Waals surface area contributed by atoms with Gasteiger partial charge in [0.25, 0.3) is 0 Å². The Bertz CT molecular complexity index is 53.0. The first kappa shape index (κ1) is 9.27. The van der Waals surface area contributed by atoms with Crippen LogP contribution in [-0.4, -0.2) is 24.6 Å². The van der Waals surface area contributed by atoms with Gasteiger partial charge in [0.1, 0.15) is 0 Å². The minimum atomic E-state index is 0.681. The van der Waals surface area contributed by atoms with Crippen LogP contribution in [0.1, 0.15) is 12.8 Å². The monoisotopic (exact) mass is 148 g/mol. The van der Waals surface area contributed by atoms with E-state index in [2.05, 4.69) is 6.26 Å². The van der Waals surface area contributed by atoms with Gasteiger partial charge in [0.2, 0.25) is 0 Å². The Balaban J connectivity index is 3.18. The largest absolute Gasteiger partial charge is 0.330 e. The van der Waals surface area contributed by atoms with Gasteiger partial charge in [0, 0.05) is 5.25 Å². The zero-order valence-electron chi connectivity index (χ0n) is 5.97. The molecule has 0 spiro atoms. The summed E-state index contributed by atoms with van der Waals surface area (Å²) >= 11 is 1.86. The van der Waals surface area contributed by atoms with E-state index in [1.807, 2.05) is 11.8 Å². The summed E-state index contributed by atoms with van der Waals surface area (Å²) in [5.41, 5.74) is 10.8. The van der Waals surface area contributed by atoms with Crippen molar-refractivity contribution >= 4 is 11.8 Å². The average molecular weight is 148 g/mol. The zero-order chi connectivity index (χ0) is 7.11. The second kappa shape index (κ2) is 6.39. The fraction of sp³-hybridized carbons (Fsp3) is 1.00. The van der Waals surface area contributed by atoms with Crippen LogP contribution in [0.3, 0.4) is 0 Å². The van der Waals surface area contributed by atoms with Crippen LogP contribution in [-0.2, 0) is 0 Å². The van der Waals surface area contributed by atoms with Crippen molar-refractivity contribution in [3.05, 3.63) is 0 Å². The van der Waals surface area contributed by atoms with Crippen LogP contribution in [0, 0.1) is 0 Å². The highest BCUT2D eigenvalue weighted by molar-refractivity contribution is 7.99. The lowest BCUT2D eigenvalue weighted by atomic mass is 10.2. The molecule has 0 aromatic rings. The topological polar surface area (TPSA) is 52.0 Å². The molecule has 0 aromatic heterocycles. The number of nitrogens with two attached hydrogens (primary N) is 2. The van der Waals surface area contributed by atoms with Gasteiger partial charge in [-0.1, -0.05) is 0 Å². The molecule has 4 N–H and O–H groups in total. The summed E-state index contributed by atoms with van der Waals surface area (Å²) in [6.45, 7) is 1.57. The van der Waals surface area contributed by atoms with E-state index in [9.17, 15) is 0 Å². The molecule has 0 saturated carbocycles. The van der Waals surface area contributed by atoms with E-state index in [0.29, 0.717) is 5.25 Å². The number of rotatable bonds is 5. The second-order valence-electron chi connectivity index (χ2n) is 2.01. The predicted octanol–water partition coefficient (Wildman–Crippen LogP) is 0.416. The summed E-state index contributed by atoms with van der Waals surface area (Å²) in [5.74, 6) is 0. The quantitative estimate of drug-likeness (QED) is 0.594. The first-order chi connectivity index (χ1) is 4.35. The van der Waals surface area contributed by atoms with Crippen molar-refractivity contribution in [3.63, 3.8) is 0 Å². The van der Waals surface area contributed by atoms with Gasteiger partial charge in [0.05, 0.1) is 0 Å². The van der Waals surface area contributed by atoms with E-state index < -0.39 is 0 Å². The molecule has 0 unspecified atom stereocenters. The number of hydrogen-bond donors (Lipinski definition) is 2. The maximum absolute atomic E-state index is 5.38. The lowest BCUT2D eigenvalue weighted by molar-refractivity contribution is 0.713. The van der Waals surface area contributed by atoms with Crippen LogP contribution >= 0.6 is 11.8 Å². The molecule has 0 heterocycles. The summed E-state index contributed by atoms with van der Waals surface area (Å²) in [6, 6.07) is 0. The summed E-state index contributed by atoms with van der Waals surface area (Å²) in [6.07, 6.45) is 4.30. The molecule has 3 heteroatoms. The highest BCUT2D eigenvalue weighted by atomic mass is 32.2. The Morgan fingerprint density at radius 3 is 1.89 bits per heavy atom. The molecule has 0 rings (SSSR count). The van der Waals surface area contributed by atoms with E-state index in [4.69, 9.17) is 11.5 Å². The van der Waals surface area contributed by atoms with Crippen LogP contribution in [0.5, 0.6) is 0 Å². The van der Waals surface area contributed by atoms with Crippen LogP contribution in [0.4, 0.5) is 0 Å². The van der Waals surface area contributed by atoms with Crippen molar-refractivity contribution in [2.24, 2.45) is 11.5 Å². The maximum atomic E-state index is 5.38. The molecule has 0 amide bonds. The van der Waals surface area contributed by atoms with Gasteiger partial charge in [-0.15, -0.1) is 0 Å². The Morgan fingerprint density at radius 2 is 1.67 bits per heavy atom. The fourth-order valence-corrected chi connectivity index (χ4v) is 1.50. The molecule has 0 saturated heterocycles. The van der Waals surface area contributed by atoms with Gasteiger partial charge in [-0.05, 0) is 32.2 Å². The SMILES string of the molecule is CSC(CCN)CCN. The lowest BCUT2D eigenvalue weighted by Gasteiger charge is -2.10. The molecule has 0 atom stereocenters. The van der Waals surface area contributed by atoms with Crippen molar-refractivity contribution in [2.75, 3.05) is 19.3 Å². The first-order valence-corrected chi connectivity index (χ1v) is 4.56. The van der Waals surface area contributed by atoms with Crippen molar-refractivity contribution in [2.45, 2.75) is 18.1 Å². The van der Waals surface area contributed by atoms with Gasteiger partial charge in [-0.2, -0.15) is 11.8 Å². The van der Waals surface area contributed by atoms with Crippen molar-refractivity contribution in [1.82, 2.24) is 0 Å². The third-order valence-electron chi connectivity index (χ3n) is 1.31. The van der Waals surface area contributed by atoms with Crippen LogP contribution in [0.25, 0.3) is 0 Å². The molecule has 2 nitrogen and oxygen atoms in total. The number of thioether (sulfide) groups is 1. The molecule has 0 fully saturated rings. The molecular formula is C6H16N2S. The lowest BCUT2D eigenvalue weighted by Crippen LogP contribution is -2.14. The third kappa shape index (κ3) is 4.75. The van der Waals surface area contributed by atoms with Gasteiger partial charge < -0.3 is 11.5 Å². The number of hydrogen-bond acceptors (Lipinski definition) is 3. The summed E-state index contributed by atoms with van der Waals surface area (Å²) < 4.78 is 0. The third-order valence-corrected chi connectivity index (χ3v) is 2.45. The maximum Gasteiger partial charge on any atom is 0.00682 e.